The first-order valence-corrected chi connectivity index (χ1v) is 6.61. The smallest absolute Gasteiger partial charge is 0.302 e. The first-order chi connectivity index (χ1) is 11.0. The zero-order valence-corrected chi connectivity index (χ0v) is 11.8. The second kappa shape index (κ2) is 4.33. The van der Waals surface area contributed by atoms with Crippen molar-refractivity contribution in [2.24, 2.45) is 0 Å². The van der Waals surface area contributed by atoms with Gasteiger partial charge in [-0.2, -0.15) is 0 Å². The van der Waals surface area contributed by atoms with Crippen molar-refractivity contribution in [2.75, 3.05) is 7.11 Å². The number of fused-ring (bicyclic) bond motifs is 4. The van der Waals surface area contributed by atoms with Crippen molar-refractivity contribution in [3.63, 3.8) is 0 Å². The Morgan fingerprint density at radius 1 is 0.913 bits per heavy atom. The normalized spacial score (nSPS) is 11.5. The summed E-state index contributed by atoms with van der Waals surface area (Å²) in [5.41, 5.74) is -0.279. The van der Waals surface area contributed by atoms with Crippen LogP contribution in [0.15, 0.2) is 37.9 Å². The summed E-state index contributed by atoms with van der Waals surface area (Å²) in [4.78, 5) is 12.7. The predicted octanol–water partition coefficient (Wildman–Crippen LogP) is 2.82. The lowest BCUT2D eigenvalue weighted by molar-refractivity contribution is 0.374. The van der Waals surface area contributed by atoms with E-state index in [2.05, 4.69) is 0 Å². The summed E-state index contributed by atoms with van der Waals surface area (Å²) in [6.07, 6.45) is 0. The molecule has 2 heterocycles. The molecule has 7 nitrogen and oxygen atoms in total. The van der Waals surface area contributed by atoms with E-state index >= 15 is 0 Å². The van der Waals surface area contributed by atoms with Gasteiger partial charge in [-0.3, -0.25) is 4.79 Å². The van der Waals surface area contributed by atoms with E-state index in [4.69, 9.17) is 13.6 Å². The van der Waals surface area contributed by atoms with Gasteiger partial charge in [0.25, 0.3) is 0 Å². The maximum absolute atomic E-state index is 12.7. The van der Waals surface area contributed by atoms with Gasteiger partial charge < -0.3 is 28.9 Å². The van der Waals surface area contributed by atoms with Crippen molar-refractivity contribution in [3.05, 3.63) is 34.5 Å². The molecule has 0 spiro atoms. The summed E-state index contributed by atoms with van der Waals surface area (Å²) in [6, 6.07) is 5.03. The Balaban J connectivity index is 2.26. The van der Waals surface area contributed by atoms with Gasteiger partial charge in [0, 0.05) is 23.6 Å². The molecule has 0 radical (unpaired) electrons. The van der Waals surface area contributed by atoms with Crippen LogP contribution in [-0.4, -0.2) is 22.4 Å². The number of phenols is 3. The van der Waals surface area contributed by atoms with E-state index in [1.165, 1.54) is 25.3 Å². The first-order valence-electron chi connectivity index (χ1n) is 6.61. The van der Waals surface area contributed by atoms with Gasteiger partial charge in [-0.1, -0.05) is 0 Å². The molecule has 2 aromatic heterocycles. The molecule has 0 atom stereocenters. The van der Waals surface area contributed by atoms with Crippen LogP contribution >= 0.6 is 0 Å². The molecule has 2 aromatic carbocycles. The average Bonchev–Trinajstić information content (AvgIpc) is 2.82. The van der Waals surface area contributed by atoms with Crippen LogP contribution in [0.5, 0.6) is 23.0 Å². The van der Waals surface area contributed by atoms with Crippen LogP contribution in [0.25, 0.3) is 33.1 Å². The molecule has 3 N–H and O–H groups in total. The highest BCUT2D eigenvalue weighted by Crippen LogP contribution is 2.38. The van der Waals surface area contributed by atoms with Crippen molar-refractivity contribution >= 4 is 33.1 Å². The SMILES string of the molecule is COc1cc2c(cc1O)oc1oc3cc(O)cc(O)c3c(=O)c12. The van der Waals surface area contributed by atoms with E-state index in [0.717, 1.165) is 6.07 Å². The molecule has 0 bridgehead atoms. The number of furan rings is 1. The molecular weight excluding hydrogens is 304 g/mol. The molecule has 0 saturated heterocycles. The fraction of sp³-hybridized carbons (Fsp3) is 0.0625. The number of phenolic OH excluding ortho intramolecular Hbond substituents is 3. The Labute approximate surface area is 127 Å². The van der Waals surface area contributed by atoms with E-state index in [9.17, 15) is 20.1 Å². The minimum absolute atomic E-state index is 0.00440. The number of methoxy groups -OCH3 is 1. The van der Waals surface area contributed by atoms with Crippen LogP contribution in [-0.2, 0) is 0 Å². The molecule has 0 aliphatic heterocycles. The average molecular weight is 314 g/mol. The van der Waals surface area contributed by atoms with Gasteiger partial charge in [-0.05, 0) is 6.07 Å². The highest BCUT2D eigenvalue weighted by molar-refractivity contribution is 6.07. The molecule has 0 aliphatic carbocycles. The lowest BCUT2D eigenvalue weighted by atomic mass is 10.1. The monoisotopic (exact) mass is 314 g/mol. The van der Waals surface area contributed by atoms with Gasteiger partial charge in [-0.15, -0.1) is 0 Å². The number of ether oxygens (including phenoxy) is 1. The Kier molecular flexibility index (Phi) is 2.51. The molecule has 7 heteroatoms. The van der Waals surface area contributed by atoms with E-state index in [0.29, 0.717) is 5.39 Å². The van der Waals surface area contributed by atoms with Gasteiger partial charge in [0.15, 0.2) is 11.5 Å². The van der Waals surface area contributed by atoms with E-state index in [1.807, 2.05) is 0 Å². The quantitative estimate of drug-likeness (QED) is 0.495. The van der Waals surface area contributed by atoms with Crippen LogP contribution in [0.2, 0.25) is 0 Å². The molecule has 0 amide bonds. The summed E-state index contributed by atoms with van der Waals surface area (Å²) >= 11 is 0. The minimum Gasteiger partial charge on any atom is -0.508 e. The number of rotatable bonds is 1. The molecule has 0 unspecified atom stereocenters. The van der Waals surface area contributed by atoms with E-state index < -0.39 is 11.2 Å². The summed E-state index contributed by atoms with van der Waals surface area (Å²) in [5.74, 6) is -0.676. The number of hydrogen-bond acceptors (Lipinski definition) is 7. The van der Waals surface area contributed by atoms with Gasteiger partial charge in [0.05, 0.1) is 7.11 Å². The lowest BCUT2D eigenvalue weighted by Gasteiger charge is -2.02. The summed E-state index contributed by atoms with van der Waals surface area (Å²) < 4.78 is 16.0. The number of hydrogen-bond donors (Lipinski definition) is 3. The fourth-order valence-electron chi connectivity index (χ4n) is 2.66. The van der Waals surface area contributed by atoms with Gasteiger partial charge in [0.1, 0.15) is 33.4 Å². The largest absolute Gasteiger partial charge is 0.508 e. The molecule has 0 fully saturated rings. The fourth-order valence-corrected chi connectivity index (χ4v) is 2.66. The topological polar surface area (TPSA) is 113 Å². The number of aromatic hydroxyl groups is 3. The Bertz CT molecular complexity index is 1150. The lowest BCUT2D eigenvalue weighted by Crippen LogP contribution is -2.01. The predicted molar refractivity (Wildman–Crippen MR) is 81.3 cm³/mol. The third kappa shape index (κ3) is 1.73. The maximum Gasteiger partial charge on any atom is 0.302 e. The second-order valence-corrected chi connectivity index (χ2v) is 5.05. The zero-order chi connectivity index (χ0) is 16.3. The minimum atomic E-state index is -0.509. The van der Waals surface area contributed by atoms with Crippen LogP contribution in [0.1, 0.15) is 0 Å². The van der Waals surface area contributed by atoms with Crippen molar-refractivity contribution in [1.82, 2.24) is 0 Å². The van der Waals surface area contributed by atoms with Crippen molar-refractivity contribution in [3.8, 4) is 23.0 Å². The number of benzene rings is 2. The second-order valence-electron chi connectivity index (χ2n) is 5.05. The first kappa shape index (κ1) is 13.3. The Morgan fingerprint density at radius 3 is 2.39 bits per heavy atom. The molecule has 116 valence electrons. The molecule has 4 rings (SSSR count). The molecular formula is C16H10O7. The van der Waals surface area contributed by atoms with Gasteiger partial charge >= 0.3 is 5.78 Å². The highest BCUT2D eigenvalue weighted by atomic mass is 16.5. The van der Waals surface area contributed by atoms with Gasteiger partial charge in [-0.25, -0.2) is 0 Å². The summed E-state index contributed by atoms with van der Waals surface area (Å²) in [7, 11) is 1.38. The maximum atomic E-state index is 12.7. The zero-order valence-electron chi connectivity index (χ0n) is 11.8. The molecule has 0 saturated carbocycles. The van der Waals surface area contributed by atoms with Crippen LogP contribution in [0, 0.1) is 0 Å². The summed E-state index contributed by atoms with van der Waals surface area (Å²) in [5, 5.41) is 29.7. The standard InChI is InChI=1S/C16H10O7/c1-21-11-4-7-10(5-8(11)18)22-16-13(7)15(20)14-9(19)2-6(17)3-12(14)23-16/h2-5,17-19H,1H3. The molecule has 0 aliphatic rings. The van der Waals surface area contributed by atoms with Crippen molar-refractivity contribution in [1.29, 1.82) is 0 Å². The third-order valence-corrected chi connectivity index (χ3v) is 3.68. The summed E-state index contributed by atoms with van der Waals surface area (Å²) in [6.45, 7) is 0. The van der Waals surface area contributed by atoms with Crippen molar-refractivity contribution < 1.29 is 28.9 Å². The Morgan fingerprint density at radius 2 is 1.65 bits per heavy atom. The highest BCUT2D eigenvalue weighted by Gasteiger charge is 2.20. The van der Waals surface area contributed by atoms with Crippen LogP contribution in [0.3, 0.4) is 0 Å². The van der Waals surface area contributed by atoms with E-state index in [-0.39, 0.29) is 45.0 Å². The van der Waals surface area contributed by atoms with E-state index in [1.54, 1.807) is 0 Å². The van der Waals surface area contributed by atoms with Crippen molar-refractivity contribution in [2.45, 2.75) is 0 Å². The Hall–Kier alpha value is -3.35. The van der Waals surface area contributed by atoms with Gasteiger partial charge in [0.2, 0.25) is 5.43 Å². The van der Waals surface area contributed by atoms with Crippen LogP contribution in [0.4, 0.5) is 0 Å². The van der Waals surface area contributed by atoms with Crippen LogP contribution < -0.4 is 10.2 Å². The third-order valence-electron chi connectivity index (χ3n) is 3.68. The molecule has 4 aromatic rings. The molecule has 23 heavy (non-hydrogen) atoms.